The van der Waals surface area contributed by atoms with Gasteiger partial charge in [0.15, 0.2) is 23.1 Å². The molecule has 0 radical (unpaired) electrons. The van der Waals surface area contributed by atoms with Crippen LogP contribution >= 0.6 is 11.3 Å². The molecule has 1 fully saturated rings. The second-order valence-electron chi connectivity index (χ2n) is 9.78. The molecule has 2 aliphatic heterocycles. The Morgan fingerprint density at radius 1 is 1.00 bits per heavy atom. The number of pyridine rings is 1. The Balaban J connectivity index is 1.59. The van der Waals surface area contributed by atoms with Crippen LogP contribution in [0.2, 0.25) is 0 Å². The van der Waals surface area contributed by atoms with E-state index in [1.54, 1.807) is 16.5 Å². The highest BCUT2D eigenvalue weighted by Crippen LogP contribution is 2.50. The maximum Gasteiger partial charge on any atom is 0.278 e. The largest absolute Gasteiger partial charge is 0.502 e. The molecule has 1 saturated heterocycles. The van der Waals surface area contributed by atoms with Crippen molar-refractivity contribution >= 4 is 17.2 Å². The first-order chi connectivity index (χ1) is 18.5. The first kappa shape index (κ1) is 23.1. The SMILES string of the molecule is O=C1c2c(O)c(=O)ccn2N([C@@H]2c3ccccc3-c3scnc3-c3c2ccc(F)c3F)[C@@H]2CCCCCN12. The summed E-state index contributed by atoms with van der Waals surface area (Å²) in [6.45, 7) is 0.455. The minimum atomic E-state index is -0.985. The molecule has 2 aromatic heterocycles. The van der Waals surface area contributed by atoms with Gasteiger partial charge in [-0.05, 0) is 42.0 Å². The van der Waals surface area contributed by atoms with Crippen LogP contribution in [0.25, 0.3) is 21.7 Å². The van der Waals surface area contributed by atoms with E-state index in [0.29, 0.717) is 24.2 Å². The molecule has 4 aromatic rings. The fourth-order valence-electron chi connectivity index (χ4n) is 6.13. The molecular formula is C28H22F2N4O3S. The summed E-state index contributed by atoms with van der Waals surface area (Å²) in [5.74, 6) is -3.00. The van der Waals surface area contributed by atoms with Gasteiger partial charge in [-0.2, -0.15) is 0 Å². The maximum atomic E-state index is 15.7. The summed E-state index contributed by atoms with van der Waals surface area (Å²) in [4.78, 5) is 33.0. The Kier molecular flexibility index (Phi) is 5.16. The van der Waals surface area contributed by atoms with Crippen molar-refractivity contribution in [1.82, 2.24) is 14.6 Å². The van der Waals surface area contributed by atoms with Crippen LogP contribution in [0.4, 0.5) is 8.78 Å². The van der Waals surface area contributed by atoms with E-state index in [4.69, 9.17) is 0 Å². The van der Waals surface area contributed by atoms with E-state index in [9.17, 15) is 19.1 Å². The van der Waals surface area contributed by atoms with Gasteiger partial charge in [0.05, 0.1) is 22.1 Å². The van der Waals surface area contributed by atoms with Crippen LogP contribution in [0.3, 0.4) is 0 Å². The summed E-state index contributed by atoms with van der Waals surface area (Å²) in [7, 11) is 0. The number of benzene rings is 2. The van der Waals surface area contributed by atoms with E-state index in [2.05, 4.69) is 4.98 Å². The molecule has 7 rings (SSSR count). The molecule has 1 N–H and O–H groups in total. The van der Waals surface area contributed by atoms with E-state index in [1.807, 2.05) is 29.3 Å². The van der Waals surface area contributed by atoms with Crippen LogP contribution in [0.5, 0.6) is 5.75 Å². The molecule has 10 heteroatoms. The van der Waals surface area contributed by atoms with Crippen molar-refractivity contribution in [1.29, 1.82) is 0 Å². The Hall–Kier alpha value is -4.05. The Labute approximate surface area is 220 Å². The lowest BCUT2D eigenvalue weighted by Crippen LogP contribution is -2.62. The number of carbonyl (C=O) groups is 1. The Bertz CT molecular complexity index is 1680. The third-order valence-corrected chi connectivity index (χ3v) is 8.64. The fourth-order valence-corrected chi connectivity index (χ4v) is 6.97. The lowest BCUT2D eigenvalue weighted by Gasteiger charge is -2.49. The average Bonchev–Trinajstić information content (AvgIpc) is 3.21. The zero-order chi connectivity index (χ0) is 26.1. The number of rotatable bonds is 1. The molecule has 0 bridgehead atoms. The van der Waals surface area contributed by atoms with Crippen LogP contribution in [0, 0.1) is 11.6 Å². The first-order valence-electron chi connectivity index (χ1n) is 12.5. The fraction of sp³-hybridized carbons (Fsp3) is 0.250. The van der Waals surface area contributed by atoms with Crippen LogP contribution < -0.4 is 10.4 Å². The molecule has 2 aromatic carbocycles. The van der Waals surface area contributed by atoms with Crippen LogP contribution in [0.1, 0.15) is 53.3 Å². The summed E-state index contributed by atoms with van der Waals surface area (Å²) < 4.78 is 31.9. The van der Waals surface area contributed by atoms with Crippen molar-refractivity contribution in [3.63, 3.8) is 0 Å². The number of fused-ring (bicyclic) bond motifs is 7. The molecule has 0 saturated carbocycles. The zero-order valence-corrected chi connectivity index (χ0v) is 20.9. The van der Waals surface area contributed by atoms with Crippen LogP contribution in [-0.2, 0) is 0 Å². The van der Waals surface area contributed by atoms with Crippen LogP contribution in [-0.4, -0.2) is 38.3 Å². The van der Waals surface area contributed by atoms with Gasteiger partial charge in [-0.25, -0.2) is 13.8 Å². The van der Waals surface area contributed by atoms with E-state index >= 15 is 4.39 Å². The molecule has 2 atom stereocenters. The maximum absolute atomic E-state index is 15.7. The molecule has 7 nitrogen and oxygen atoms in total. The number of amides is 1. The van der Waals surface area contributed by atoms with Crippen molar-refractivity contribution in [3.8, 4) is 27.4 Å². The second kappa shape index (κ2) is 8.49. The van der Waals surface area contributed by atoms with E-state index in [-0.39, 0.29) is 11.3 Å². The summed E-state index contributed by atoms with van der Waals surface area (Å²) in [5.41, 5.74) is 3.43. The topological polar surface area (TPSA) is 78.7 Å². The van der Waals surface area contributed by atoms with Gasteiger partial charge in [0.25, 0.3) is 5.91 Å². The van der Waals surface area contributed by atoms with Crippen molar-refractivity contribution in [2.24, 2.45) is 0 Å². The molecule has 0 unspecified atom stereocenters. The molecule has 0 spiro atoms. The molecule has 4 heterocycles. The van der Waals surface area contributed by atoms with Crippen LogP contribution in [0.15, 0.2) is 59.0 Å². The number of nitrogens with zero attached hydrogens (tertiary/aromatic N) is 4. The highest BCUT2D eigenvalue weighted by molar-refractivity contribution is 7.13. The second-order valence-corrected chi connectivity index (χ2v) is 10.6. The first-order valence-corrected chi connectivity index (χ1v) is 13.4. The molecule has 1 aliphatic carbocycles. The minimum absolute atomic E-state index is 0.0753. The number of aromatic nitrogens is 2. The number of thiazole rings is 1. The van der Waals surface area contributed by atoms with Gasteiger partial charge in [0.1, 0.15) is 6.17 Å². The Morgan fingerprint density at radius 3 is 2.71 bits per heavy atom. The summed E-state index contributed by atoms with van der Waals surface area (Å²) in [6, 6.07) is 10.9. The number of aromatic hydroxyl groups is 1. The van der Waals surface area contributed by atoms with Gasteiger partial charge < -0.3 is 10.0 Å². The van der Waals surface area contributed by atoms with Crippen molar-refractivity contribution in [2.75, 3.05) is 11.6 Å². The molecular weight excluding hydrogens is 510 g/mol. The summed E-state index contributed by atoms with van der Waals surface area (Å²) in [6.07, 6.45) is 4.25. The minimum Gasteiger partial charge on any atom is -0.502 e. The molecule has 1 amide bonds. The number of hydrogen-bond donors (Lipinski definition) is 1. The van der Waals surface area contributed by atoms with Gasteiger partial charge in [-0.3, -0.25) is 19.3 Å². The van der Waals surface area contributed by atoms with E-state index in [1.165, 1.54) is 28.3 Å². The smallest absolute Gasteiger partial charge is 0.278 e. The van der Waals surface area contributed by atoms with E-state index in [0.717, 1.165) is 41.3 Å². The quantitative estimate of drug-likeness (QED) is 0.373. The predicted molar refractivity (Wildman–Crippen MR) is 139 cm³/mol. The predicted octanol–water partition coefficient (Wildman–Crippen LogP) is 5.02. The molecule has 3 aliphatic rings. The standard InChI is InChI=1S/C28H22F2N4O3S/c29-18-10-9-17-21(22(18)30)23-27(38-14-31-23)16-7-4-3-6-15(16)24(17)34-20-8-2-1-5-12-32(20)28(37)25-26(36)19(35)11-13-33(25)34/h3-4,6-7,9-11,13-14,20,24,36H,1-2,5,8,12H2/t20-,24-/m1/s1. The normalized spacial score (nSPS) is 20.0. The lowest BCUT2D eigenvalue weighted by molar-refractivity contribution is 0.0557. The van der Waals surface area contributed by atoms with Crippen molar-refractivity contribution < 1.29 is 18.7 Å². The highest BCUT2D eigenvalue weighted by Gasteiger charge is 2.45. The van der Waals surface area contributed by atoms with Gasteiger partial charge in [-0.15, -0.1) is 11.3 Å². The van der Waals surface area contributed by atoms with Gasteiger partial charge in [-0.1, -0.05) is 36.8 Å². The average molecular weight is 533 g/mol. The summed E-state index contributed by atoms with van der Waals surface area (Å²) in [5, 5.41) is 12.7. The molecule has 38 heavy (non-hydrogen) atoms. The third kappa shape index (κ3) is 3.13. The molecule has 192 valence electrons. The van der Waals surface area contributed by atoms with Crippen molar-refractivity contribution in [2.45, 2.75) is 37.9 Å². The zero-order valence-electron chi connectivity index (χ0n) is 20.1. The number of halogens is 2. The van der Waals surface area contributed by atoms with Gasteiger partial charge in [0.2, 0.25) is 5.43 Å². The van der Waals surface area contributed by atoms with Crippen molar-refractivity contribution in [3.05, 3.63) is 92.9 Å². The highest BCUT2D eigenvalue weighted by atomic mass is 32.1. The summed E-state index contributed by atoms with van der Waals surface area (Å²) >= 11 is 1.35. The Morgan fingerprint density at radius 2 is 1.84 bits per heavy atom. The number of hydrogen-bond acceptors (Lipinski definition) is 6. The number of carbonyl (C=O) groups excluding carboxylic acids is 1. The third-order valence-electron chi connectivity index (χ3n) is 7.78. The van der Waals surface area contributed by atoms with Gasteiger partial charge in [0, 0.05) is 24.4 Å². The monoisotopic (exact) mass is 532 g/mol. The van der Waals surface area contributed by atoms with Gasteiger partial charge >= 0.3 is 0 Å². The van der Waals surface area contributed by atoms with E-state index < -0.39 is 40.9 Å². The lowest BCUT2D eigenvalue weighted by atomic mass is 9.92.